The second-order valence-corrected chi connectivity index (χ2v) is 10.1. The number of methoxy groups -OCH3 is 1. The lowest BCUT2D eigenvalue weighted by atomic mass is 9.66. The Morgan fingerprint density at radius 2 is 2.07 bits per heavy atom. The number of hydrogen-bond donors (Lipinski definition) is 1. The molecule has 1 N–H and O–H groups in total. The number of nitrogens with zero attached hydrogens (tertiary/aromatic N) is 1. The highest BCUT2D eigenvalue weighted by atomic mass is 16.5. The number of rotatable bonds is 7. The van der Waals surface area contributed by atoms with Gasteiger partial charge < -0.3 is 14.2 Å². The van der Waals surface area contributed by atoms with E-state index in [1.54, 1.807) is 7.11 Å². The number of aromatic nitrogens is 2. The largest absolute Gasteiger partial charge is 0.496 e. The quantitative estimate of drug-likeness (QED) is 0.637. The van der Waals surface area contributed by atoms with E-state index in [1.165, 1.54) is 22.4 Å². The van der Waals surface area contributed by atoms with Crippen molar-refractivity contribution in [2.45, 2.75) is 77.2 Å². The van der Waals surface area contributed by atoms with Crippen LogP contribution < -0.4 is 9.47 Å². The van der Waals surface area contributed by atoms with Gasteiger partial charge >= 0.3 is 0 Å². The molecule has 1 aromatic heterocycles. The first-order chi connectivity index (χ1) is 14.3. The highest BCUT2D eigenvalue weighted by Crippen LogP contribution is 2.54. The summed E-state index contributed by atoms with van der Waals surface area (Å²) in [6.45, 7) is 12.6. The van der Waals surface area contributed by atoms with Crippen LogP contribution in [0.1, 0.15) is 75.8 Å². The standard InChI is InChI=1S/C25H36N2O3/c1-7-8-9-29-15-24(2,3)17-11-21(28-6)23-18-13-20-16(14-26-27-20)10-19(18)25(4,5)30-22(23)12-17/h11-12,14,18-19H,7-10,13,15H2,1-6H3,(H,26,27)/t18-,19-/m1/s1. The topological polar surface area (TPSA) is 56.4 Å². The molecule has 30 heavy (non-hydrogen) atoms. The average molecular weight is 413 g/mol. The van der Waals surface area contributed by atoms with Gasteiger partial charge in [0, 0.05) is 35.1 Å². The normalized spacial score (nSPS) is 21.9. The van der Waals surface area contributed by atoms with Crippen molar-refractivity contribution in [1.82, 2.24) is 10.2 Å². The SMILES string of the molecule is CCCCOCC(C)(C)c1cc(OC)c2c(c1)OC(C)(C)[C@@H]1Cc3cn[nH]c3C[C@@H]21. The molecule has 0 radical (unpaired) electrons. The smallest absolute Gasteiger partial charge is 0.127 e. The predicted molar refractivity (Wildman–Crippen MR) is 119 cm³/mol. The van der Waals surface area contributed by atoms with Gasteiger partial charge in [0.25, 0.3) is 0 Å². The minimum absolute atomic E-state index is 0.122. The Balaban J connectivity index is 1.71. The third-order valence-electron chi connectivity index (χ3n) is 7.00. The maximum Gasteiger partial charge on any atom is 0.127 e. The Bertz CT molecular complexity index is 900. The molecule has 1 aromatic carbocycles. The van der Waals surface area contributed by atoms with Crippen molar-refractivity contribution in [1.29, 1.82) is 0 Å². The molecule has 2 aromatic rings. The zero-order valence-corrected chi connectivity index (χ0v) is 19.3. The number of unbranched alkanes of at least 4 members (excludes halogenated alkanes) is 1. The van der Waals surface area contributed by atoms with Gasteiger partial charge in [-0.25, -0.2) is 0 Å². The maximum atomic E-state index is 6.65. The lowest BCUT2D eigenvalue weighted by Crippen LogP contribution is -2.48. The molecule has 5 nitrogen and oxygen atoms in total. The summed E-state index contributed by atoms with van der Waals surface area (Å²) in [5.74, 6) is 2.63. The highest BCUT2D eigenvalue weighted by Gasteiger charge is 2.48. The van der Waals surface area contributed by atoms with Crippen molar-refractivity contribution in [3.05, 3.63) is 40.7 Å². The fourth-order valence-electron chi connectivity index (χ4n) is 5.09. The minimum Gasteiger partial charge on any atom is -0.496 e. The number of nitrogens with one attached hydrogen (secondary N) is 1. The Morgan fingerprint density at radius 1 is 1.27 bits per heavy atom. The van der Waals surface area contributed by atoms with Crippen LogP contribution >= 0.6 is 0 Å². The molecule has 2 atom stereocenters. The summed E-state index contributed by atoms with van der Waals surface area (Å²) in [5, 5.41) is 7.49. The summed E-state index contributed by atoms with van der Waals surface area (Å²) >= 11 is 0. The molecule has 2 heterocycles. The highest BCUT2D eigenvalue weighted by molar-refractivity contribution is 5.55. The van der Waals surface area contributed by atoms with Gasteiger partial charge in [-0.05, 0) is 56.4 Å². The fraction of sp³-hybridized carbons (Fsp3) is 0.640. The van der Waals surface area contributed by atoms with E-state index >= 15 is 0 Å². The zero-order chi connectivity index (χ0) is 21.5. The van der Waals surface area contributed by atoms with E-state index in [-0.39, 0.29) is 11.0 Å². The molecule has 2 aliphatic rings. The number of aromatic amines is 1. The molecule has 4 rings (SSSR count). The number of ether oxygens (including phenoxy) is 3. The monoisotopic (exact) mass is 412 g/mol. The molecule has 1 aliphatic heterocycles. The van der Waals surface area contributed by atoms with Crippen LogP contribution in [-0.4, -0.2) is 36.1 Å². The summed E-state index contributed by atoms with van der Waals surface area (Å²) < 4.78 is 18.6. The number of H-pyrrole nitrogens is 1. The molecule has 1 aliphatic carbocycles. The van der Waals surface area contributed by atoms with Gasteiger partial charge in [-0.1, -0.05) is 27.2 Å². The van der Waals surface area contributed by atoms with Crippen LogP contribution in [0.15, 0.2) is 18.3 Å². The maximum absolute atomic E-state index is 6.65. The molecule has 0 saturated carbocycles. The Labute approximate surface area is 180 Å². The molecule has 0 amide bonds. The molecular formula is C25H36N2O3. The summed E-state index contributed by atoms with van der Waals surface area (Å²) in [5.41, 5.74) is 4.59. The van der Waals surface area contributed by atoms with E-state index in [0.29, 0.717) is 18.4 Å². The first kappa shape index (κ1) is 21.2. The van der Waals surface area contributed by atoms with E-state index in [0.717, 1.165) is 43.8 Å². The van der Waals surface area contributed by atoms with Crippen molar-refractivity contribution >= 4 is 0 Å². The zero-order valence-electron chi connectivity index (χ0n) is 19.3. The van der Waals surface area contributed by atoms with E-state index < -0.39 is 0 Å². The van der Waals surface area contributed by atoms with Crippen molar-refractivity contribution in [3.8, 4) is 11.5 Å². The third-order valence-corrected chi connectivity index (χ3v) is 7.00. The molecular weight excluding hydrogens is 376 g/mol. The number of benzene rings is 1. The van der Waals surface area contributed by atoms with E-state index in [9.17, 15) is 0 Å². The number of fused-ring (bicyclic) bond motifs is 4. The van der Waals surface area contributed by atoms with Crippen LogP contribution in [0.5, 0.6) is 11.5 Å². The molecule has 164 valence electrons. The van der Waals surface area contributed by atoms with Gasteiger partial charge in [0.15, 0.2) is 0 Å². The first-order valence-electron chi connectivity index (χ1n) is 11.3. The third kappa shape index (κ3) is 3.73. The lowest BCUT2D eigenvalue weighted by molar-refractivity contribution is 0.00521. The first-order valence-corrected chi connectivity index (χ1v) is 11.3. The Hall–Kier alpha value is -2.01. The van der Waals surface area contributed by atoms with Gasteiger partial charge in [0.2, 0.25) is 0 Å². The van der Waals surface area contributed by atoms with Gasteiger partial charge in [0.1, 0.15) is 17.1 Å². The van der Waals surface area contributed by atoms with Crippen molar-refractivity contribution in [2.75, 3.05) is 20.3 Å². The molecule has 0 saturated heterocycles. The molecule has 0 unspecified atom stereocenters. The second-order valence-electron chi connectivity index (χ2n) is 10.1. The lowest BCUT2D eigenvalue weighted by Gasteiger charge is -2.47. The Kier molecular flexibility index (Phi) is 5.60. The number of hydrogen-bond acceptors (Lipinski definition) is 4. The van der Waals surface area contributed by atoms with Crippen LogP contribution in [0, 0.1) is 5.92 Å². The van der Waals surface area contributed by atoms with Crippen LogP contribution in [0.2, 0.25) is 0 Å². The van der Waals surface area contributed by atoms with Crippen LogP contribution in [0.4, 0.5) is 0 Å². The fourth-order valence-corrected chi connectivity index (χ4v) is 5.09. The molecule has 0 bridgehead atoms. The van der Waals surface area contributed by atoms with Gasteiger partial charge in [-0.2, -0.15) is 5.10 Å². The summed E-state index contributed by atoms with van der Waals surface area (Å²) in [6.07, 6.45) is 6.14. The van der Waals surface area contributed by atoms with Crippen LogP contribution in [0.25, 0.3) is 0 Å². The van der Waals surface area contributed by atoms with Crippen molar-refractivity contribution < 1.29 is 14.2 Å². The molecule has 5 heteroatoms. The summed E-state index contributed by atoms with van der Waals surface area (Å²) in [6, 6.07) is 4.42. The van der Waals surface area contributed by atoms with Gasteiger partial charge in [-0.15, -0.1) is 0 Å². The summed E-state index contributed by atoms with van der Waals surface area (Å²) in [7, 11) is 1.77. The average Bonchev–Trinajstić information content (AvgIpc) is 3.16. The molecule has 0 fully saturated rings. The van der Waals surface area contributed by atoms with Crippen molar-refractivity contribution in [3.63, 3.8) is 0 Å². The van der Waals surface area contributed by atoms with Crippen LogP contribution in [0.3, 0.4) is 0 Å². The van der Waals surface area contributed by atoms with Gasteiger partial charge in [-0.3, -0.25) is 5.10 Å². The van der Waals surface area contributed by atoms with Gasteiger partial charge in [0.05, 0.1) is 19.9 Å². The van der Waals surface area contributed by atoms with E-state index in [4.69, 9.17) is 14.2 Å². The molecule has 0 spiro atoms. The predicted octanol–water partition coefficient (Wildman–Crippen LogP) is 5.18. The minimum atomic E-state index is -0.252. The summed E-state index contributed by atoms with van der Waals surface area (Å²) in [4.78, 5) is 0. The van der Waals surface area contributed by atoms with E-state index in [1.807, 2.05) is 6.20 Å². The van der Waals surface area contributed by atoms with Crippen LogP contribution in [-0.2, 0) is 23.0 Å². The Morgan fingerprint density at radius 3 is 2.80 bits per heavy atom. The van der Waals surface area contributed by atoms with Crippen molar-refractivity contribution in [2.24, 2.45) is 5.92 Å². The van der Waals surface area contributed by atoms with E-state index in [2.05, 4.69) is 56.9 Å². The second kappa shape index (κ2) is 7.92.